The molecule has 0 radical (unpaired) electrons. The maximum absolute atomic E-state index is 12.3. The van der Waals surface area contributed by atoms with Crippen molar-refractivity contribution in [1.29, 1.82) is 0 Å². The number of pyridine rings is 1. The van der Waals surface area contributed by atoms with E-state index in [0.717, 1.165) is 31.5 Å². The summed E-state index contributed by atoms with van der Waals surface area (Å²) in [4.78, 5) is 18.4. The van der Waals surface area contributed by atoms with Gasteiger partial charge in [0, 0.05) is 23.8 Å². The van der Waals surface area contributed by atoms with Crippen LogP contribution in [-0.4, -0.2) is 28.4 Å². The minimum atomic E-state index is 0.0822. The molecule has 0 saturated carbocycles. The molecule has 0 spiro atoms. The van der Waals surface area contributed by atoms with E-state index in [4.69, 9.17) is 5.73 Å². The van der Waals surface area contributed by atoms with E-state index >= 15 is 0 Å². The van der Waals surface area contributed by atoms with Crippen LogP contribution < -0.4 is 5.73 Å². The third-order valence-corrected chi connectivity index (χ3v) is 3.32. The molecule has 2 rings (SSSR count). The highest BCUT2D eigenvalue weighted by Crippen LogP contribution is 2.20. The Morgan fingerprint density at radius 1 is 1.59 bits per heavy atom. The Labute approximate surface area is 102 Å². The molecule has 1 saturated heterocycles. The molecule has 1 aliphatic heterocycles. The van der Waals surface area contributed by atoms with Crippen LogP contribution in [0.15, 0.2) is 12.1 Å². The van der Waals surface area contributed by atoms with E-state index in [1.807, 2.05) is 17.9 Å². The molecule has 17 heavy (non-hydrogen) atoms. The molecule has 4 nitrogen and oxygen atoms in total. The highest BCUT2D eigenvalue weighted by Gasteiger charge is 2.26. The molecular weight excluding hydrogens is 214 g/mol. The summed E-state index contributed by atoms with van der Waals surface area (Å²) in [6, 6.07) is 3.86. The van der Waals surface area contributed by atoms with Gasteiger partial charge >= 0.3 is 0 Å². The topological polar surface area (TPSA) is 59.2 Å². The van der Waals surface area contributed by atoms with Gasteiger partial charge in [-0.2, -0.15) is 0 Å². The van der Waals surface area contributed by atoms with Gasteiger partial charge < -0.3 is 10.6 Å². The number of nitrogens with two attached hydrogens (primary N) is 1. The number of aromatic nitrogens is 1. The smallest absolute Gasteiger partial charge is 0.254 e. The maximum atomic E-state index is 12.3. The highest BCUT2D eigenvalue weighted by molar-refractivity contribution is 5.95. The Kier molecular flexibility index (Phi) is 3.31. The Hall–Kier alpha value is -1.58. The lowest BCUT2D eigenvalue weighted by Gasteiger charge is -2.21. The van der Waals surface area contributed by atoms with Crippen molar-refractivity contribution in [3.05, 3.63) is 23.4 Å². The van der Waals surface area contributed by atoms with Crippen molar-refractivity contribution >= 4 is 11.7 Å². The number of carbonyl (C=O) groups excluding carboxylic acids is 1. The third-order valence-electron chi connectivity index (χ3n) is 3.32. The SMILES string of the molecule is CCc1cc(C(=O)N2CCCC2C)cc(N)n1. The molecule has 1 aromatic rings. The maximum Gasteiger partial charge on any atom is 0.254 e. The van der Waals surface area contributed by atoms with Crippen molar-refractivity contribution in [2.75, 3.05) is 12.3 Å². The van der Waals surface area contributed by atoms with E-state index in [0.29, 0.717) is 17.4 Å². The second-order valence-corrected chi connectivity index (χ2v) is 4.62. The normalized spacial score (nSPS) is 19.6. The number of amides is 1. The van der Waals surface area contributed by atoms with Gasteiger partial charge in [-0.1, -0.05) is 6.92 Å². The van der Waals surface area contributed by atoms with Gasteiger partial charge in [0.15, 0.2) is 0 Å². The Morgan fingerprint density at radius 3 is 2.94 bits per heavy atom. The lowest BCUT2D eigenvalue weighted by Crippen LogP contribution is -2.33. The molecule has 2 heterocycles. The van der Waals surface area contributed by atoms with E-state index in [-0.39, 0.29) is 5.91 Å². The molecule has 1 unspecified atom stereocenters. The summed E-state index contributed by atoms with van der Waals surface area (Å²) in [5, 5.41) is 0. The van der Waals surface area contributed by atoms with Gasteiger partial charge in [-0.3, -0.25) is 4.79 Å². The van der Waals surface area contributed by atoms with Crippen LogP contribution >= 0.6 is 0 Å². The van der Waals surface area contributed by atoms with Gasteiger partial charge in [0.1, 0.15) is 5.82 Å². The Balaban J connectivity index is 2.27. The summed E-state index contributed by atoms with van der Waals surface area (Å²) < 4.78 is 0. The molecule has 2 N–H and O–H groups in total. The van der Waals surface area contributed by atoms with Gasteiger partial charge in [0.2, 0.25) is 0 Å². The van der Waals surface area contributed by atoms with E-state index < -0.39 is 0 Å². The number of anilines is 1. The van der Waals surface area contributed by atoms with Gasteiger partial charge in [-0.25, -0.2) is 4.98 Å². The molecule has 1 aliphatic rings. The quantitative estimate of drug-likeness (QED) is 0.848. The molecular formula is C13H19N3O. The predicted octanol–water partition coefficient (Wildman–Crippen LogP) is 1.85. The first-order valence-corrected chi connectivity index (χ1v) is 6.19. The minimum Gasteiger partial charge on any atom is -0.384 e. The van der Waals surface area contributed by atoms with E-state index in [1.54, 1.807) is 6.07 Å². The van der Waals surface area contributed by atoms with E-state index in [2.05, 4.69) is 11.9 Å². The Morgan fingerprint density at radius 2 is 2.35 bits per heavy atom. The van der Waals surface area contributed by atoms with Crippen LogP contribution in [0.3, 0.4) is 0 Å². The molecule has 92 valence electrons. The standard InChI is InChI=1S/C13H19N3O/c1-3-11-7-10(8-12(14)15-11)13(17)16-6-4-5-9(16)2/h7-9H,3-6H2,1-2H3,(H2,14,15). The molecule has 1 fully saturated rings. The fourth-order valence-electron chi connectivity index (χ4n) is 2.32. The summed E-state index contributed by atoms with van der Waals surface area (Å²) in [6.45, 7) is 4.95. The van der Waals surface area contributed by atoms with Gasteiger partial charge in [0.25, 0.3) is 5.91 Å². The van der Waals surface area contributed by atoms with E-state index in [9.17, 15) is 4.79 Å². The first kappa shape index (κ1) is 11.9. The summed E-state index contributed by atoms with van der Waals surface area (Å²) in [6.07, 6.45) is 2.97. The molecule has 1 amide bonds. The van der Waals surface area contributed by atoms with Gasteiger partial charge in [-0.15, -0.1) is 0 Å². The molecule has 1 atom stereocenters. The first-order chi connectivity index (χ1) is 8.11. The van der Waals surface area contributed by atoms with Gasteiger partial charge in [0.05, 0.1) is 0 Å². The zero-order valence-corrected chi connectivity index (χ0v) is 10.4. The van der Waals surface area contributed by atoms with Crippen molar-refractivity contribution < 1.29 is 4.79 Å². The first-order valence-electron chi connectivity index (χ1n) is 6.19. The van der Waals surface area contributed by atoms with Crippen LogP contribution in [0.25, 0.3) is 0 Å². The van der Waals surface area contributed by atoms with E-state index in [1.165, 1.54) is 0 Å². The highest BCUT2D eigenvalue weighted by atomic mass is 16.2. The van der Waals surface area contributed by atoms with Crippen LogP contribution in [-0.2, 0) is 6.42 Å². The number of rotatable bonds is 2. The lowest BCUT2D eigenvalue weighted by atomic mass is 10.1. The summed E-state index contributed by atoms with van der Waals surface area (Å²) in [5.41, 5.74) is 7.27. The number of hydrogen-bond acceptors (Lipinski definition) is 3. The minimum absolute atomic E-state index is 0.0822. The third kappa shape index (κ3) is 2.40. The number of aryl methyl sites for hydroxylation is 1. The largest absolute Gasteiger partial charge is 0.384 e. The van der Waals surface area contributed by atoms with Crippen LogP contribution in [0.1, 0.15) is 42.7 Å². The molecule has 1 aromatic heterocycles. The zero-order chi connectivity index (χ0) is 12.4. The average Bonchev–Trinajstić information content (AvgIpc) is 2.73. The van der Waals surface area contributed by atoms with Crippen molar-refractivity contribution in [2.24, 2.45) is 0 Å². The fourth-order valence-corrected chi connectivity index (χ4v) is 2.32. The predicted molar refractivity (Wildman–Crippen MR) is 67.8 cm³/mol. The molecule has 0 bridgehead atoms. The van der Waals surface area contributed by atoms with Crippen molar-refractivity contribution in [2.45, 2.75) is 39.2 Å². The number of hydrogen-bond donors (Lipinski definition) is 1. The molecule has 0 aromatic carbocycles. The number of nitrogens with zero attached hydrogens (tertiary/aromatic N) is 2. The van der Waals surface area contributed by atoms with Crippen molar-refractivity contribution in [1.82, 2.24) is 9.88 Å². The number of likely N-dealkylation sites (tertiary alicyclic amines) is 1. The van der Waals surface area contributed by atoms with Crippen LogP contribution in [0.4, 0.5) is 5.82 Å². The average molecular weight is 233 g/mol. The summed E-state index contributed by atoms with van der Waals surface area (Å²) >= 11 is 0. The zero-order valence-electron chi connectivity index (χ0n) is 10.4. The Bertz CT molecular complexity index is 431. The fraction of sp³-hybridized carbons (Fsp3) is 0.538. The monoisotopic (exact) mass is 233 g/mol. The summed E-state index contributed by atoms with van der Waals surface area (Å²) in [5.74, 6) is 0.512. The second kappa shape index (κ2) is 4.73. The second-order valence-electron chi connectivity index (χ2n) is 4.62. The van der Waals surface area contributed by atoms with Crippen LogP contribution in [0.5, 0.6) is 0 Å². The number of carbonyl (C=O) groups is 1. The lowest BCUT2D eigenvalue weighted by molar-refractivity contribution is 0.0747. The van der Waals surface area contributed by atoms with Crippen LogP contribution in [0, 0.1) is 0 Å². The molecule has 0 aliphatic carbocycles. The van der Waals surface area contributed by atoms with Gasteiger partial charge in [-0.05, 0) is 38.3 Å². The van der Waals surface area contributed by atoms with Crippen molar-refractivity contribution in [3.8, 4) is 0 Å². The number of nitrogen functional groups attached to an aromatic ring is 1. The summed E-state index contributed by atoms with van der Waals surface area (Å²) in [7, 11) is 0. The van der Waals surface area contributed by atoms with Crippen LogP contribution in [0.2, 0.25) is 0 Å². The van der Waals surface area contributed by atoms with Crippen molar-refractivity contribution in [3.63, 3.8) is 0 Å². The molecule has 4 heteroatoms.